The molecule has 0 saturated carbocycles. The number of aryl methyl sites for hydroxylation is 1. The van der Waals surface area contributed by atoms with Crippen molar-refractivity contribution in [3.05, 3.63) is 59.4 Å². The van der Waals surface area contributed by atoms with Crippen molar-refractivity contribution in [2.24, 2.45) is 0 Å². The average Bonchev–Trinajstić information content (AvgIpc) is 2.55. The largest absolute Gasteiger partial charge is 0.497 e. The number of methoxy groups -OCH3 is 1. The zero-order valence-corrected chi connectivity index (χ0v) is 12.5. The van der Waals surface area contributed by atoms with Crippen LogP contribution in [0.25, 0.3) is 0 Å². The highest BCUT2D eigenvalue weighted by Crippen LogP contribution is 2.32. The number of nitrogens with zero attached hydrogens (tertiary/aromatic N) is 1. The molecule has 1 aliphatic carbocycles. The Morgan fingerprint density at radius 3 is 2.90 bits per heavy atom. The van der Waals surface area contributed by atoms with Gasteiger partial charge in [-0.05, 0) is 73.2 Å². The van der Waals surface area contributed by atoms with E-state index in [9.17, 15) is 0 Å². The molecule has 0 fully saturated rings. The van der Waals surface area contributed by atoms with E-state index in [4.69, 9.17) is 4.74 Å². The molecule has 21 heavy (non-hydrogen) atoms. The minimum atomic E-state index is 0.450. The lowest BCUT2D eigenvalue weighted by molar-refractivity contribution is 0.409. The molecule has 1 N–H and O–H groups in total. The van der Waals surface area contributed by atoms with Gasteiger partial charge < -0.3 is 10.1 Å². The van der Waals surface area contributed by atoms with E-state index in [-0.39, 0.29) is 0 Å². The number of rotatable bonds is 5. The standard InChI is InChI=1S/C18H22N2O/c1-21-16-6-5-15-3-2-4-18(17(15)13-16)20-12-9-14-7-10-19-11-8-14/h5-8,10-11,13,18,20H,2-4,9,12H2,1H3. The van der Waals surface area contributed by atoms with Crippen LogP contribution in [0.4, 0.5) is 0 Å². The molecule has 1 aromatic carbocycles. The van der Waals surface area contributed by atoms with Crippen molar-refractivity contribution in [3.8, 4) is 5.75 Å². The molecule has 3 rings (SSSR count). The van der Waals surface area contributed by atoms with Gasteiger partial charge in [-0.15, -0.1) is 0 Å². The summed E-state index contributed by atoms with van der Waals surface area (Å²) in [5.41, 5.74) is 4.21. The van der Waals surface area contributed by atoms with E-state index in [0.29, 0.717) is 6.04 Å². The van der Waals surface area contributed by atoms with Gasteiger partial charge in [0, 0.05) is 18.4 Å². The number of nitrogens with one attached hydrogen (secondary N) is 1. The van der Waals surface area contributed by atoms with Crippen molar-refractivity contribution in [1.29, 1.82) is 0 Å². The SMILES string of the molecule is COc1ccc2c(c1)C(NCCc1ccncc1)CCC2. The third-order valence-corrected chi connectivity index (χ3v) is 4.22. The van der Waals surface area contributed by atoms with Crippen LogP contribution < -0.4 is 10.1 Å². The second-order valence-electron chi connectivity index (χ2n) is 5.57. The Kier molecular flexibility index (Phi) is 4.51. The van der Waals surface area contributed by atoms with Gasteiger partial charge in [-0.3, -0.25) is 4.98 Å². The van der Waals surface area contributed by atoms with E-state index in [0.717, 1.165) is 18.7 Å². The van der Waals surface area contributed by atoms with Crippen LogP contribution in [0.15, 0.2) is 42.7 Å². The molecule has 1 unspecified atom stereocenters. The normalized spacial score (nSPS) is 17.3. The van der Waals surface area contributed by atoms with Crippen molar-refractivity contribution >= 4 is 0 Å². The van der Waals surface area contributed by atoms with Gasteiger partial charge in [0.05, 0.1) is 7.11 Å². The van der Waals surface area contributed by atoms with Crippen LogP contribution in [0.1, 0.15) is 35.6 Å². The molecule has 1 aliphatic rings. The summed E-state index contributed by atoms with van der Waals surface area (Å²) in [6.45, 7) is 0.991. The minimum absolute atomic E-state index is 0.450. The molecule has 0 saturated heterocycles. The monoisotopic (exact) mass is 282 g/mol. The predicted molar refractivity (Wildman–Crippen MR) is 84.6 cm³/mol. The Hall–Kier alpha value is -1.87. The van der Waals surface area contributed by atoms with E-state index < -0.39 is 0 Å². The summed E-state index contributed by atoms with van der Waals surface area (Å²) in [6.07, 6.45) is 8.40. The highest BCUT2D eigenvalue weighted by Gasteiger charge is 2.20. The summed E-state index contributed by atoms with van der Waals surface area (Å²) in [6, 6.07) is 11.1. The van der Waals surface area contributed by atoms with Crippen molar-refractivity contribution in [2.45, 2.75) is 31.7 Å². The van der Waals surface area contributed by atoms with Crippen molar-refractivity contribution < 1.29 is 4.74 Å². The summed E-state index contributed by atoms with van der Waals surface area (Å²) >= 11 is 0. The Morgan fingerprint density at radius 2 is 2.10 bits per heavy atom. The van der Waals surface area contributed by atoms with Crippen LogP contribution in [-0.2, 0) is 12.8 Å². The molecular formula is C18H22N2O. The molecule has 1 atom stereocenters. The Labute approximate surface area is 126 Å². The molecular weight excluding hydrogens is 260 g/mol. The van der Waals surface area contributed by atoms with Gasteiger partial charge in [0.15, 0.2) is 0 Å². The molecule has 3 nitrogen and oxygen atoms in total. The number of fused-ring (bicyclic) bond motifs is 1. The molecule has 3 heteroatoms. The third kappa shape index (κ3) is 3.42. The fourth-order valence-electron chi connectivity index (χ4n) is 3.06. The number of aromatic nitrogens is 1. The van der Waals surface area contributed by atoms with Crippen LogP contribution in [0.3, 0.4) is 0 Å². The Bertz CT molecular complexity index is 583. The van der Waals surface area contributed by atoms with E-state index in [2.05, 4.69) is 40.6 Å². The minimum Gasteiger partial charge on any atom is -0.497 e. The first-order valence-corrected chi connectivity index (χ1v) is 7.66. The summed E-state index contributed by atoms with van der Waals surface area (Å²) in [5, 5.41) is 3.70. The number of benzene rings is 1. The van der Waals surface area contributed by atoms with Gasteiger partial charge in [0.2, 0.25) is 0 Å². The summed E-state index contributed by atoms with van der Waals surface area (Å²) in [7, 11) is 1.73. The summed E-state index contributed by atoms with van der Waals surface area (Å²) < 4.78 is 5.37. The highest BCUT2D eigenvalue weighted by atomic mass is 16.5. The molecule has 1 aromatic heterocycles. The maximum Gasteiger partial charge on any atom is 0.119 e. The van der Waals surface area contributed by atoms with E-state index >= 15 is 0 Å². The molecule has 0 bridgehead atoms. The number of pyridine rings is 1. The second-order valence-corrected chi connectivity index (χ2v) is 5.57. The quantitative estimate of drug-likeness (QED) is 0.913. The number of ether oxygens (including phenoxy) is 1. The molecule has 0 spiro atoms. The maximum atomic E-state index is 5.37. The van der Waals surface area contributed by atoms with Crippen molar-refractivity contribution in [3.63, 3.8) is 0 Å². The lowest BCUT2D eigenvalue weighted by Crippen LogP contribution is -2.27. The average molecular weight is 282 g/mol. The molecule has 2 aromatic rings. The van der Waals surface area contributed by atoms with Crippen LogP contribution in [0.2, 0.25) is 0 Å². The van der Waals surface area contributed by atoms with E-state index in [1.807, 2.05) is 12.4 Å². The first-order valence-electron chi connectivity index (χ1n) is 7.66. The zero-order valence-electron chi connectivity index (χ0n) is 12.5. The van der Waals surface area contributed by atoms with Gasteiger partial charge >= 0.3 is 0 Å². The Balaban J connectivity index is 1.64. The highest BCUT2D eigenvalue weighted by molar-refractivity contribution is 5.39. The zero-order chi connectivity index (χ0) is 14.5. The lowest BCUT2D eigenvalue weighted by atomic mass is 9.87. The van der Waals surface area contributed by atoms with Crippen LogP contribution in [0, 0.1) is 0 Å². The Morgan fingerprint density at radius 1 is 1.24 bits per heavy atom. The van der Waals surface area contributed by atoms with Gasteiger partial charge in [-0.25, -0.2) is 0 Å². The molecule has 0 radical (unpaired) electrons. The van der Waals surface area contributed by atoms with Gasteiger partial charge in [0.1, 0.15) is 5.75 Å². The van der Waals surface area contributed by atoms with Crippen molar-refractivity contribution in [1.82, 2.24) is 10.3 Å². The van der Waals surface area contributed by atoms with Gasteiger partial charge in [0.25, 0.3) is 0 Å². The predicted octanol–water partition coefficient (Wildman–Crippen LogP) is 3.30. The van der Waals surface area contributed by atoms with Crippen LogP contribution in [-0.4, -0.2) is 18.6 Å². The van der Waals surface area contributed by atoms with E-state index in [1.54, 1.807) is 7.11 Å². The topological polar surface area (TPSA) is 34.1 Å². The smallest absolute Gasteiger partial charge is 0.119 e. The second kappa shape index (κ2) is 6.72. The van der Waals surface area contributed by atoms with Gasteiger partial charge in [-0.1, -0.05) is 6.07 Å². The van der Waals surface area contributed by atoms with Crippen LogP contribution in [0.5, 0.6) is 5.75 Å². The number of hydrogen-bond donors (Lipinski definition) is 1. The maximum absolute atomic E-state index is 5.37. The summed E-state index contributed by atoms with van der Waals surface area (Å²) in [4.78, 5) is 4.06. The molecule has 110 valence electrons. The third-order valence-electron chi connectivity index (χ3n) is 4.22. The lowest BCUT2D eigenvalue weighted by Gasteiger charge is -2.27. The molecule has 1 heterocycles. The van der Waals surface area contributed by atoms with Crippen molar-refractivity contribution in [2.75, 3.05) is 13.7 Å². The summed E-state index contributed by atoms with van der Waals surface area (Å²) in [5.74, 6) is 0.955. The van der Waals surface area contributed by atoms with Crippen LogP contribution >= 0.6 is 0 Å². The molecule has 0 aliphatic heterocycles. The molecule has 0 amide bonds. The first-order chi connectivity index (χ1) is 10.4. The first kappa shape index (κ1) is 14.1. The fraction of sp³-hybridized carbons (Fsp3) is 0.389. The fourth-order valence-corrected chi connectivity index (χ4v) is 3.06. The number of hydrogen-bond acceptors (Lipinski definition) is 3. The van der Waals surface area contributed by atoms with Gasteiger partial charge in [-0.2, -0.15) is 0 Å². The van der Waals surface area contributed by atoms with E-state index in [1.165, 1.54) is 36.0 Å².